The molecule has 0 atom stereocenters. The number of nitro groups is 1. The van der Waals surface area contributed by atoms with Crippen molar-refractivity contribution in [1.29, 1.82) is 0 Å². The van der Waals surface area contributed by atoms with Gasteiger partial charge in [-0.2, -0.15) is 0 Å². The zero-order valence-electron chi connectivity index (χ0n) is 9.06. The molecule has 0 aliphatic heterocycles. The van der Waals surface area contributed by atoms with Crippen LogP contribution in [0.5, 0.6) is 0 Å². The van der Waals surface area contributed by atoms with Gasteiger partial charge in [0.2, 0.25) is 0 Å². The zero-order valence-corrected chi connectivity index (χ0v) is 9.06. The molecule has 8 nitrogen and oxygen atoms in total. The van der Waals surface area contributed by atoms with Gasteiger partial charge in [0, 0.05) is 6.07 Å². The van der Waals surface area contributed by atoms with Crippen molar-refractivity contribution in [2.45, 2.75) is 6.92 Å². The zero-order chi connectivity index (χ0) is 12.8. The Labute approximate surface area is 96.1 Å². The van der Waals surface area contributed by atoms with E-state index in [1.54, 1.807) is 6.92 Å². The van der Waals surface area contributed by atoms with Crippen LogP contribution < -0.4 is 5.32 Å². The smallest absolute Gasteiger partial charge is 0.325 e. The van der Waals surface area contributed by atoms with Crippen LogP contribution in [0.2, 0.25) is 0 Å². The van der Waals surface area contributed by atoms with Gasteiger partial charge in [0.25, 0.3) is 11.6 Å². The fourth-order valence-corrected chi connectivity index (χ4v) is 1.08. The number of ether oxygens (including phenoxy) is 1. The number of aromatic amines is 1. The molecular weight excluding hydrogens is 230 g/mol. The van der Waals surface area contributed by atoms with Gasteiger partial charge in [-0.05, 0) is 6.92 Å². The molecule has 0 saturated carbocycles. The largest absolute Gasteiger partial charge is 0.465 e. The van der Waals surface area contributed by atoms with Crippen LogP contribution in [0.4, 0.5) is 5.69 Å². The van der Waals surface area contributed by atoms with Gasteiger partial charge in [-0.1, -0.05) is 0 Å². The minimum absolute atomic E-state index is 0.0148. The van der Waals surface area contributed by atoms with E-state index in [1.807, 2.05) is 0 Å². The Bertz CT molecular complexity index is 440. The molecule has 8 heteroatoms. The second-order valence-corrected chi connectivity index (χ2v) is 3.02. The number of nitrogens with one attached hydrogen (secondary N) is 2. The van der Waals surface area contributed by atoms with Gasteiger partial charge < -0.3 is 15.0 Å². The molecule has 1 amide bonds. The summed E-state index contributed by atoms with van der Waals surface area (Å²) < 4.78 is 4.60. The van der Waals surface area contributed by atoms with Crippen LogP contribution in [0.15, 0.2) is 12.3 Å². The van der Waals surface area contributed by atoms with E-state index in [-0.39, 0.29) is 24.5 Å². The summed E-state index contributed by atoms with van der Waals surface area (Å²) >= 11 is 0. The van der Waals surface area contributed by atoms with Crippen molar-refractivity contribution in [3.63, 3.8) is 0 Å². The van der Waals surface area contributed by atoms with Crippen molar-refractivity contribution in [2.24, 2.45) is 0 Å². The number of amides is 1. The first-order chi connectivity index (χ1) is 8.04. The summed E-state index contributed by atoms with van der Waals surface area (Å²) in [5.74, 6) is -1.17. The van der Waals surface area contributed by atoms with Crippen molar-refractivity contribution < 1.29 is 19.2 Å². The molecule has 0 radical (unpaired) electrons. The molecule has 0 aromatic carbocycles. The Morgan fingerprint density at radius 3 is 2.82 bits per heavy atom. The van der Waals surface area contributed by atoms with E-state index >= 15 is 0 Å². The summed E-state index contributed by atoms with van der Waals surface area (Å²) in [6, 6.07) is 1.08. The molecule has 0 aliphatic carbocycles. The van der Waals surface area contributed by atoms with Crippen LogP contribution in [0, 0.1) is 10.1 Å². The number of aromatic nitrogens is 1. The van der Waals surface area contributed by atoms with Crippen molar-refractivity contribution >= 4 is 17.6 Å². The lowest BCUT2D eigenvalue weighted by atomic mass is 10.4. The molecule has 2 N–H and O–H groups in total. The number of hydrogen-bond acceptors (Lipinski definition) is 5. The molecule has 0 aliphatic rings. The van der Waals surface area contributed by atoms with Gasteiger partial charge >= 0.3 is 5.97 Å². The Morgan fingerprint density at radius 2 is 2.29 bits per heavy atom. The predicted octanol–water partition coefficient (Wildman–Crippen LogP) is 0.216. The van der Waals surface area contributed by atoms with Crippen LogP contribution in [0.25, 0.3) is 0 Å². The van der Waals surface area contributed by atoms with E-state index in [0.717, 1.165) is 12.3 Å². The molecule has 17 heavy (non-hydrogen) atoms. The van der Waals surface area contributed by atoms with E-state index in [9.17, 15) is 19.7 Å². The van der Waals surface area contributed by atoms with Gasteiger partial charge in [-0.15, -0.1) is 0 Å². The normalized spacial score (nSPS) is 9.71. The van der Waals surface area contributed by atoms with E-state index in [4.69, 9.17) is 0 Å². The monoisotopic (exact) mass is 241 g/mol. The van der Waals surface area contributed by atoms with Crippen LogP contribution in [-0.2, 0) is 9.53 Å². The highest BCUT2D eigenvalue weighted by Crippen LogP contribution is 2.11. The van der Waals surface area contributed by atoms with Crippen molar-refractivity contribution in [3.05, 3.63) is 28.1 Å². The number of H-pyrrole nitrogens is 1. The summed E-state index contributed by atoms with van der Waals surface area (Å²) in [6.07, 6.45) is 1.10. The second kappa shape index (κ2) is 5.64. The standard InChI is InChI=1S/C9H11N3O5/c1-2-17-8(13)5-11-9(14)7-3-6(4-10-7)12(15)16/h3-4,10H,2,5H2,1H3,(H,11,14). The number of esters is 1. The minimum atomic E-state index is -0.626. The topological polar surface area (TPSA) is 114 Å². The molecule has 92 valence electrons. The summed E-state index contributed by atoms with van der Waals surface area (Å²) in [5.41, 5.74) is -0.202. The first-order valence-electron chi connectivity index (χ1n) is 4.81. The van der Waals surface area contributed by atoms with Crippen LogP contribution >= 0.6 is 0 Å². The third kappa shape index (κ3) is 3.59. The highest BCUT2D eigenvalue weighted by atomic mass is 16.6. The first kappa shape index (κ1) is 12.7. The maximum atomic E-state index is 11.4. The number of carbonyl (C=O) groups excluding carboxylic acids is 2. The lowest BCUT2D eigenvalue weighted by Crippen LogP contribution is -2.30. The highest BCUT2D eigenvalue weighted by Gasteiger charge is 2.15. The number of hydrogen-bond donors (Lipinski definition) is 2. The molecule has 0 unspecified atom stereocenters. The van der Waals surface area contributed by atoms with E-state index < -0.39 is 16.8 Å². The quantitative estimate of drug-likeness (QED) is 0.434. The van der Waals surface area contributed by atoms with Gasteiger partial charge in [0.05, 0.1) is 17.7 Å². The van der Waals surface area contributed by atoms with E-state index in [0.29, 0.717) is 0 Å². The van der Waals surface area contributed by atoms with Gasteiger partial charge in [0.15, 0.2) is 0 Å². The average molecular weight is 241 g/mol. The predicted molar refractivity (Wildman–Crippen MR) is 56.4 cm³/mol. The lowest BCUT2D eigenvalue weighted by molar-refractivity contribution is -0.384. The summed E-state index contributed by atoms with van der Waals surface area (Å²) in [4.78, 5) is 34.5. The van der Waals surface area contributed by atoms with Gasteiger partial charge in [-0.3, -0.25) is 19.7 Å². The Morgan fingerprint density at radius 1 is 1.59 bits per heavy atom. The third-order valence-electron chi connectivity index (χ3n) is 1.82. The van der Waals surface area contributed by atoms with Crippen LogP contribution in [0.1, 0.15) is 17.4 Å². The van der Waals surface area contributed by atoms with Gasteiger partial charge in [-0.25, -0.2) is 0 Å². The second-order valence-electron chi connectivity index (χ2n) is 3.02. The molecule has 0 spiro atoms. The summed E-state index contributed by atoms with van der Waals surface area (Å²) in [6.45, 7) is 1.59. The molecule has 1 aromatic heterocycles. The molecular formula is C9H11N3O5. The Balaban J connectivity index is 2.52. The van der Waals surface area contributed by atoms with Crippen LogP contribution in [0.3, 0.4) is 0 Å². The van der Waals surface area contributed by atoms with Crippen molar-refractivity contribution in [1.82, 2.24) is 10.3 Å². The minimum Gasteiger partial charge on any atom is -0.465 e. The lowest BCUT2D eigenvalue weighted by Gasteiger charge is -2.02. The Kier molecular flexibility index (Phi) is 4.21. The maximum absolute atomic E-state index is 11.4. The highest BCUT2D eigenvalue weighted by molar-refractivity contribution is 5.94. The molecule has 0 saturated heterocycles. The fourth-order valence-electron chi connectivity index (χ4n) is 1.08. The SMILES string of the molecule is CCOC(=O)CNC(=O)c1cc([N+](=O)[O-])c[nH]1. The molecule has 1 heterocycles. The maximum Gasteiger partial charge on any atom is 0.325 e. The molecule has 1 aromatic rings. The summed E-state index contributed by atoms with van der Waals surface area (Å²) in [5, 5.41) is 12.6. The first-order valence-corrected chi connectivity index (χ1v) is 4.81. The third-order valence-corrected chi connectivity index (χ3v) is 1.82. The summed E-state index contributed by atoms with van der Waals surface area (Å²) in [7, 11) is 0. The molecule has 1 rings (SSSR count). The van der Waals surface area contributed by atoms with Crippen LogP contribution in [-0.4, -0.2) is 34.9 Å². The van der Waals surface area contributed by atoms with E-state index in [2.05, 4.69) is 15.0 Å². The number of nitrogens with zero attached hydrogens (tertiary/aromatic N) is 1. The average Bonchev–Trinajstić information content (AvgIpc) is 2.75. The molecule has 0 bridgehead atoms. The Hall–Kier alpha value is -2.38. The number of carbonyl (C=O) groups is 2. The number of rotatable bonds is 5. The van der Waals surface area contributed by atoms with E-state index in [1.165, 1.54) is 0 Å². The molecule has 0 fully saturated rings. The van der Waals surface area contributed by atoms with Crippen molar-refractivity contribution in [3.8, 4) is 0 Å². The van der Waals surface area contributed by atoms with Crippen molar-refractivity contribution in [2.75, 3.05) is 13.2 Å². The fraction of sp³-hybridized carbons (Fsp3) is 0.333. The van der Waals surface area contributed by atoms with Gasteiger partial charge in [0.1, 0.15) is 12.2 Å².